The predicted molar refractivity (Wildman–Crippen MR) is 121 cm³/mol. The molecule has 4 rings (SSSR count). The molecule has 2 heterocycles. The van der Waals surface area contributed by atoms with Crippen LogP contribution in [0.2, 0.25) is 0 Å². The quantitative estimate of drug-likeness (QED) is 0.483. The summed E-state index contributed by atoms with van der Waals surface area (Å²) in [6, 6.07) is 18.1. The fourth-order valence-electron chi connectivity index (χ4n) is 3.82. The minimum absolute atomic E-state index is 0.131. The Morgan fingerprint density at radius 3 is 2.47 bits per heavy atom. The Balaban J connectivity index is 1.30. The zero-order chi connectivity index (χ0) is 22.3. The van der Waals surface area contributed by atoms with Gasteiger partial charge in [-0.3, -0.25) is 9.69 Å². The summed E-state index contributed by atoms with van der Waals surface area (Å²) >= 11 is 0. The maximum atomic E-state index is 13.9. The molecule has 3 aromatic rings. The van der Waals surface area contributed by atoms with E-state index in [1.165, 1.54) is 6.07 Å². The summed E-state index contributed by atoms with van der Waals surface area (Å²) in [5, 5.41) is 0. The van der Waals surface area contributed by atoms with Crippen molar-refractivity contribution in [3.63, 3.8) is 0 Å². The Bertz CT molecular complexity index is 1070. The highest BCUT2D eigenvalue weighted by Crippen LogP contribution is 2.21. The summed E-state index contributed by atoms with van der Waals surface area (Å²) in [5.74, 6) is 1.37. The standard InChI is InChI=1S/C26H27FN2O3/c1-2-7-20-8-4-6-11-24(20)31-19-22-12-13-25(32-22)26(30)29-16-14-28(15-17-29)18-21-9-3-5-10-23(21)27/h2-6,8-13H,1,7,14-19H2. The van der Waals surface area contributed by atoms with E-state index in [0.29, 0.717) is 49.8 Å². The van der Waals surface area contributed by atoms with Gasteiger partial charge in [0, 0.05) is 38.3 Å². The lowest BCUT2D eigenvalue weighted by molar-refractivity contribution is 0.0592. The van der Waals surface area contributed by atoms with Crippen molar-refractivity contribution in [1.82, 2.24) is 9.80 Å². The van der Waals surface area contributed by atoms with E-state index in [-0.39, 0.29) is 18.3 Å². The first-order chi connectivity index (χ1) is 15.6. The Hall–Kier alpha value is -3.38. The van der Waals surface area contributed by atoms with E-state index in [0.717, 1.165) is 17.7 Å². The molecule has 0 aliphatic carbocycles. The molecule has 2 aromatic carbocycles. The Morgan fingerprint density at radius 2 is 1.72 bits per heavy atom. The number of benzene rings is 2. The van der Waals surface area contributed by atoms with Gasteiger partial charge in [-0.2, -0.15) is 0 Å². The Morgan fingerprint density at radius 1 is 1.00 bits per heavy atom. The van der Waals surface area contributed by atoms with Crippen LogP contribution in [0.1, 0.15) is 27.4 Å². The number of rotatable bonds is 8. The maximum Gasteiger partial charge on any atom is 0.289 e. The number of hydrogen-bond acceptors (Lipinski definition) is 4. The normalized spacial score (nSPS) is 14.3. The van der Waals surface area contributed by atoms with Crippen molar-refractivity contribution in [3.05, 3.63) is 102 Å². The average Bonchev–Trinajstić information content (AvgIpc) is 3.29. The average molecular weight is 435 g/mol. The molecular weight excluding hydrogens is 407 g/mol. The third-order valence-corrected chi connectivity index (χ3v) is 5.59. The number of furan rings is 1. The van der Waals surface area contributed by atoms with Crippen molar-refractivity contribution in [2.75, 3.05) is 26.2 Å². The summed E-state index contributed by atoms with van der Waals surface area (Å²) in [6.07, 6.45) is 2.56. The van der Waals surface area contributed by atoms with E-state index in [2.05, 4.69) is 11.5 Å². The van der Waals surface area contributed by atoms with Crippen LogP contribution in [0.3, 0.4) is 0 Å². The van der Waals surface area contributed by atoms with Crippen LogP contribution in [0.25, 0.3) is 0 Å². The molecule has 1 aliphatic heterocycles. The van der Waals surface area contributed by atoms with E-state index < -0.39 is 0 Å². The third kappa shape index (κ3) is 5.26. The first kappa shape index (κ1) is 21.8. The van der Waals surface area contributed by atoms with Gasteiger partial charge in [0.15, 0.2) is 5.76 Å². The molecule has 1 fully saturated rings. The molecule has 1 saturated heterocycles. The topological polar surface area (TPSA) is 45.9 Å². The van der Waals surface area contributed by atoms with E-state index in [9.17, 15) is 9.18 Å². The molecule has 0 unspecified atom stereocenters. The molecule has 0 N–H and O–H groups in total. The largest absolute Gasteiger partial charge is 0.485 e. The van der Waals surface area contributed by atoms with Gasteiger partial charge in [-0.05, 0) is 36.2 Å². The lowest BCUT2D eigenvalue weighted by Crippen LogP contribution is -2.48. The Kier molecular flexibility index (Phi) is 7.02. The molecule has 1 aromatic heterocycles. The molecule has 0 spiro atoms. The highest BCUT2D eigenvalue weighted by atomic mass is 19.1. The van der Waals surface area contributed by atoms with Crippen LogP contribution in [0, 0.1) is 5.82 Å². The first-order valence-corrected chi connectivity index (χ1v) is 10.8. The van der Waals surface area contributed by atoms with Crippen LogP contribution in [-0.4, -0.2) is 41.9 Å². The minimum Gasteiger partial charge on any atom is -0.485 e. The summed E-state index contributed by atoms with van der Waals surface area (Å²) < 4.78 is 25.5. The van der Waals surface area contributed by atoms with Crippen molar-refractivity contribution >= 4 is 5.91 Å². The van der Waals surface area contributed by atoms with Crippen molar-refractivity contribution in [1.29, 1.82) is 0 Å². The molecule has 0 atom stereocenters. The minimum atomic E-state index is -0.191. The van der Waals surface area contributed by atoms with Crippen molar-refractivity contribution in [2.24, 2.45) is 0 Å². The number of para-hydroxylation sites is 1. The zero-order valence-electron chi connectivity index (χ0n) is 18.0. The zero-order valence-corrected chi connectivity index (χ0v) is 18.0. The lowest BCUT2D eigenvalue weighted by atomic mass is 10.1. The molecular formula is C26H27FN2O3. The van der Waals surface area contributed by atoms with Crippen molar-refractivity contribution < 1.29 is 18.3 Å². The van der Waals surface area contributed by atoms with Crippen LogP contribution in [0.5, 0.6) is 5.75 Å². The summed E-state index contributed by atoms with van der Waals surface area (Å²) in [5.41, 5.74) is 1.73. The van der Waals surface area contributed by atoms with Gasteiger partial charge in [-0.1, -0.05) is 42.5 Å². The van der Waals surface area contributed by atoms with Crippen molar-refractivity contribution in [2.45, 2.75) is 19.6 Å². The van der Waals surface area contributed by atoms with E-state index in [1.807, 2.05) is 36.4 Å². The number of allylic oxidation sites excluding steroid dienone is 1. The fraction of sp³-hybridized carbons (Fsp3) is 0.269. The lowest BCUT2D eigenvalue weighted by Gasteiger charge is -2.34. The smallest absolute Gasteiger partial charge is 0.289 e. The summed E-state index contributed by atoms with van der Waals surface area (Å²) in [7, 11) is 0. The maximum absolute atomic E-state index is 13.9. The molecule has 1 aliphatic rings. The van der Waals surface area contributed by atoms with E-state index >= 15 is 0 Å². The van der Waals surface area contributed by atoms with Crippen LogP contribution < -0.4 is 4.74 Å². The molecule has 0 saturated carbocycles. The molecule has 5 nitrogen and oxygen atoms in total. The van der Waals surface area contributed by atoms with Gasteiger partial charge >= 0.3 is 0 Å². The molecule has 0 bridgehead atoms. The van der Waals surface area contributed by atoms with Gasteiger partial charge < -0.3 is 14.1 Å². The molecule has 0 radical (unpaired) electrons. The van der Waals surface area contributed by atoms with Crippen LogP contribution >= 0.6 is 0 Å². The predicted octanol–water partition coefficient (Wildman–Crippen LogP) is 4.68. The summed E-state index contributed by atoms with van der Waals surface area (Å²) in [6.45, 7) is 7.11. The SMILES string of the molecule is C=CCc1ccccc1OCc1ccc(C(=O)N2CCN(Cc3ccccc3F)CC2)o1. The van der Waals surface area contributed by atoms with Gasteiger partial charge in [0.25, 0.3) is 5.91 Å². The van der Waals surface area contributed by atoms with E-state index in [4.69, 9.17) is 9.15 Å². The first-order valence-electron chi connectivity index (χ1n) is 10.8. The number of halogens is 1. The number of piperazine rings is 1. The fourth-order valence-corrected chi connectivity index (χ4v) is 3.82. The monoisotopic (exact) mass is 434 g/mol. The number of ether oxygens (including phenoxy) is 1. The van der Waals surface area contributed by atoms with E-state index in [1.54, 1.807) is 29.2 Å². The van der Waals surface area contributed by atoms with Crippen LogP contribution in [0.15, 0.2) is 77.7 Å². The highest BCUT2D eigenvalue weighted by molar-refractivity contribution is 5.91. The third-order valence-electron chi connectivity index (χ3n) is 5.59. The van der Waals surface area contributed by atoms with Gasteiger partial charge in [0.1, 0.15) is 23.9 Å². The second kappa shape index (κ2) is 10.3. The number of hydrogen-bond donors (Lipinski definition) is 0. The van der Waals surface area contributed by atoms with Gasteiger partial charge in [-0.25, -0.2) is 4.39 Å². The van der Waals surface area contributed by atoms with Crippen LogP contribution in [-0.2, 0) is 19.6 Å². The highest BCUT2D eigenvalue weighted by Gasteiger charge is 2.24. The number of amides is 1. The number of carbonyl (C=O) groups excluding carboxylic acids is 1. The molecule has 6 heteroatoms. The second-order valence-corrected chi connectivity index (χ2v) is 7.81. The van der Waals surface area contributed by atoms with Gasteiger partial charge in [0.2, 0.25) is 0 Å². The number of nitrogens with zero attached hydrogens (tertiary/aromatic N) is 2. The van der Waals surface area contributed by atoms with Gasteiger partial charge in [-0.15, -0.1) is 6.58 Å². The second-order valence-electron chi connectivity index (χ2n) is 7.81. The van der Waals surface area contributed by atoms with Crippen LogP contribution in [0.4, 0.5) is 4.39 Å². The molecule has 166 valence electrons. The Labute approximate surface area is 187 Å². The van der Waals surface area contributed by atoms with Crippen molar-refractivity contribution in [3.8, 4) is 5.75 Å². The number of carbonyl (C=O) groups is 1. The van der Waals surface area contributed by atoms with Gasteiger partial charge in [0.05, 0.1) is 0 Å². The summed E-state index contributed by atoms with van der Waals surface area (Å²) in [4.78, 5) is 16.8. The molecule has 1 amide bonds. The molecule has 32 heavy (non-hydrogen) atoms.